The molecule has 41 heavy (non-hydrogen) atoms. The zero-order valence-electron chi connectivity index (χ0n) is 21.9. The largest absolute Gasteiger partial charge is 0.460 e. The van der Waals surface area contributed by atoms with Crippen molar-refractivity contribution >= 4 is 30.7 Å². The number of nitrogens with two attached hydrogens (primary N) is 1. The summed E-state index contributed by atoms with van der Waals surface area (Å²) in [6.45, 7) is 1.07. The van der Waals surface area contributed by atoms with E-state index in [2.05, 4.69) is 20.0 Å². The Labute approximate surface area is 234 Å². The van der Waals surface area contributed by atoms with Gasteiger partial charge in [0.2, 0.25) is 0 Å². The molecule has 4 N–H and O–H groups in total. The number of carbonyl (C=O) groups excluding carboxylic acids is 1. The molecule has 0 radical (unpaired) electrons. The molecule has 15 heteroatoms. The third-order valence-corrected chi connectivity index (χ3v) is 7.92. The van der Waals surface area contributed by atoms with E-state index in [1.807, 2.05) is 18.2 Å². The Morgan fingerprint density at radius 1 is 1.22 bits per heavy atom. The highest BCUT2D eigenvalue weighted by Gasteiger charge is 2.39. The summed E-state index contributed by atoms with van der Waals surface area (Å²) in [5.74, 6) is -0.995. The second-order valence-corrected chi connectivity index (χ2v) is 11.0. The zero-order chi connectivity index (χ0) is 29.0. The van der Waals surface area contributed by atoms with Crippen molar-refractivity contribution in [2.24, 2.45) is 0 Å². The normalized spacial score (nSPS) is 20.9. The number of anilines is 1. The van der Waals surface area contributed by atoms with Crippen LogP contribution in [0.5, 0.6) is 5.75 Å². The Morgan fingerprint density at radius 3 is 2.73 bits per heavy atom. The van der Waals surface area contributed by atoms with Crippen LogP contribution in [0.3, 0.4) is 0 Å². The Balaban J connectivity index is 1.26. The fraction of sp³-hybridized carbons (Fsp3) is 0.308. The lowest BCUT2D eigenvalue weighted by Gasteiger charge is -2.24. The number of nitrogens with one attached hydrogen (secondary N) is 1. The number of rotatable bonds is 11. The van der Waals surface area contributed by atoms with E-state index in [-0.39, 0.29) is 31.2 Å². The number of ether oxygens (including phenoxy) is 2. The topological polar surface area (TPSA) is 173 Å². The number of nitrogen functional groups attached to an aromatic ring is 1. The lowest BCUT2D eigenvalue weighted by molar-refractivity contribution is -0.146. The number of hydrogen-bond acceptors (Lipinski definition) is 11. The van der Waals surface area contributed by atoms with Gasteiger partial charge in [-0.2, -0.15) is 5.09 Å². The number of nitrogens with zero attached hydrogens (tertiary/aromatic N) is 4. The van der Waals surface area contributed by atoms with Gasteiger partial charge in [0.25, 0.3) is 0 Å². The zero-order valence-corrected chi connectivity index (χ0v) is 22.8. The highest BCUT2D eigenvalue weighted by molar-refractivity contribution is 7.52. The van der Waals surface area contributed by atoms with E-state index >= 15 is 0 Å². The molecule has 5 atom stereocenters. The summed E-state index contributed by atoms with van der Waals surface area (Å²) < 4.78 is 51.3. The highest BCUT2D eigenvalue weighted by Crippen LogP contribution is 2.46. The minimum Gasteiger partial charge on any atom is -0.460 e. The van der Waals surface area contributed by atoms with Crippen molar-refractivity contribution in [2.75, 3.05) is 12.3 Å². The molecule has 0 saturated carbocycles. The standard InChI is InChI=1S/C26H28FN6O7P/c1-16(26(35)37-12-17-5-3-2-4-6-17)32-41(36,40-19-9-7-18(27)8-10-19)38-13-21-20(34)11-22(39-21)33-15-31-23-24(28)29-14-30-25(23)33/h2-10,14-16,20-22,34H,11-13H2,1H3,(H,32,36)(H2,28,29,30)/t16-,20+,21+,22+,41?/m0/s1. The molecule has 216 valence electrons. The van der Waals surface area contributed by atoms with Crippen molar-refractivity contribution in [3.63, 3.8) is 0 Å². The van der Waals surface area contributed by atoms with Gasteiger partial charge in [0, 0.05) is 6.42 Å². The first-order valence-corrected chi connectivity index (χ1v) is 14.2. The van der Waals surface area contributed by atoms with Crippen LogP contribution in [0.1, 0.15) is 25.1 Å². The molecule has 1 aliphatic rings. The van der Waals surface area contributed by atoms with Crippen LogP contribution in [-0.4, -0.2) is 55.5 Å². The lowest BCUT2D eigenvalue weighted by Crippen LogP contribution is -2.36. The molecule has 1 saturated heterocycles. The second kappa shape index (κ2) is 12.3. The maximum atomic E-state index is 13.8. The molecule has 2 aromatic carbocycles. The van der Waals surface area contributed by atoms with Crippen LogP contribution in [-0.2, 0) is 30.0 Å². The van der Waals surface area contributed by atoms with Crippen molar-refractivity contribution in [1.29, 1.82) is 0 Å². The number of imidazole rings is 1. The van der Waals surface area contributed by atoms with Gasteiger partial charge in [0.05, 0.1) is 19.0 Å². The molecule has 0 spiro atoms. The average Bonchev–Trinajstić information content (AvgIpc) is 3.56. The summed E-state index contributed by atoms with van der Waals surface area (Å²) in [6, 6.07) is 12.7. The number of fused-ring (bicyclic) bond motifs is 1. The third kappa shape index (κ3) is 6.87. The summed E-state index contributed by atoms with van der Waals surface area (Å²) in [5.41, 5.74) is 7.44. The molecule has 1 aliphatic heterocycles. The third-order valence-electron chi connectivity index (χ3n) is 6.28. The molecule has 2 aromatic heterocycles. The van der Waals surface area contributed by atoms with E-state index in [0.717, 1.165) is 17.7 Å². The first-order valence-electron chi connectivity index (χ1n) is 12.7. The Kier molecular flexibility index (Phi) is 8.57. The van der Waals surface area contributed by atoms with Crippen molar-refractivity contribution in [2.45, 2.75) is 44.4 Å². The quantitative estimate of drug-likeness (QED) is 0.173. The van der Waals surface area contributed by atoms with E-state index < -0.39 is 44.0 Å². The number of hydrogen-bond donors (Lipinski definition) is 3. The highest BCUT2D eigenvalue weighted by atomic mass is 31.2. The van der Waals surface area contributed by atoms with Gasteiger partial charge in [0.15, 0.2) is 11.5 Å². The second-order valence-electron chi connectivity index (χ2n) is 9.30. The number of aromatic nitrogens is 4. The van der Waals surface area contributed by atoms with Crippen LogP contribution in [0.4, 0.5) is 10.2 Å². The fourth-order valence-electron chi connectivity index (χ4n) is 4.16. The number of benzene rings is 2. The number of carbonyl (C=O) groups is 1. The molecular formula is C26H28FN6O7P. The maximum absolute atomic E-state index is 13.8. The van der Waals surface area contributed by atoms with Gasteiger partial charge in [-0.15, -0.1) is 0 Å². The van der Waals surface area contributed by atoms with E-state index in [4.69, 9.17) is 24.3 Å². The van der Waals surface area contributed by atoms with Gasteiger partial charge in [-0.05, 0) is 36.8 Å². The van der Waals surface area contributed by atoms with E-state index in [1.165, 1.54) is 31.7 Å². The molecule has 5 rings (SSSR count). The number of aliphatic hydroxyl groups is 1. The van der Waals surface area contributed by atoms with Gasteiger partial charge in [-0.3, -0.25) is 13.9 Å². The molecule has 0 aliphatic carbocycles. The average molecular weight is 587 g/mol. The van der Waals surface area contributed by atoms with Gasteiger partial charge >= 0.3 is 13.7 Å². The molecule has 1 unspecified atom stereocenters. The Bertz CT molecular complexity index is 1540. The predicted molar refractivity (Wildman–Crippen MR) is 144 cm³/mol. The molecule has 0 bridgehead atoms. The number of halogens is 1. The van der Waals surface area contributed by atoms with Crippen LogP contribution in [0, 0.1) is 5.82 Å². The maximum Gasteiger partial charge on any atom is 0.459 e. The number of aliphatic hydroxyl groups excluding tert-OH is 1. The van der Waals surface area contributed by atoms with Crippen LogP contribution < -0.4 is 15.3 Å². The molecular weight excluding hydrogens is 558 g/mol. The van der Waals surface area contributed by atoms with E-state index in [1.54, 1.807) is 16.7 Å². The summed E-state index contributed by atoms with van der Waals surface area (Å²) in [5, 5.41) is 13.2. The summed E-state index contributed by atoms with van der Waals surface area (Å²) >= 11 is 0. The Morgan fingerprint density at radius 2 is 1.98 bits per heavy atom. The van der Waals surface area contributed by atoms with Crippen LogP contribution in [0.15, 0.2) is 67.3 Å². The first-order chi connectivity index (χ1) is 19.7. The van der Waals surface area contributed by atoms with Crippen LogP contribution >= 0.6 is 7.75 Å². The van der Waals surface area contributed by atoms with Crippen LogP contribution in [0.2, 0.25) is 0 Å². The molecule has 13 nitrogen and oxygen atoms in total. The van der Waals surface area contributed by atoms with Crippen molar-refractivity contribution in [1.82, 2.24) is 24.6 Å². The lowest BCUT2D eigenvalue weighted by atomic mass is 10.2. The van der Waals surface area contributed by atoms with Crippen molar-refractivity contribution < 1.29 is 37.4 Å². The minimum absolute atomic E-state index is 0.0126. The van der Waals surface area contributed by atoms with E-state index in [9.17, 15) is 18.9 Å². The molecule has 4 aromatic rings. The number of esters is 1. The van der Waals surface area contributed by atoms with Gasteiger partial charge in [-0.1, -0.05) is 30.3 Å². The SMILES string of the molecule is C[C@H](NP(=O)(OC[C@H]1O[C@@H](n2cnc3c(N)ncnc32)C[C@H]1O)Oc1ccc(F)cc1)C(=O)OCc1ccccc1. The van der Waals surface area contributed by atoms with Crippen molar-refractivity contribution in [3.05, 3.63) is 78.6 Å². The Hall–Kier alpha value is -3.94. The fourth-order valence-corrected chi connectivity index (χ4v) is 5.66. The summed E-state index contributed by atoms with van der Waals surface area (Å²) in [6.07, 6.45) is 0.316. The van der Waals surface area contributed by atoms with Gasteiger partial charge < -0.3 is 24.8 Å². The summed E-state index contributed by atoms with van der Waals surface area (Å²) in [4.78, 5) is 25.0. The van der Waals surface area contributed by atoms with Crippen LogP contribution in [0.25, 0.3) is 11.2 Å². The summed E-state index contributed by atoms with van der Waals surface area (Å²) in [7, 11) is -4.29. The van der Waals surface area contributed by atoms with E-state index in [0.29, 0.717) is 11.2 Å². The van der Waals surface area contributed by atoms with Gasteiger partial charge in [0.1, 0.15) is 48.4 Å². The first kappa shape index (κ1) is 28.6. The minimum atomic E-state index is -4.29. The van der Waals surface area contributed by atoms with Gasteiger partial charge in [-0.25, -0.2) is 23.9 Å². The molecule has 3 heterocycles. The molecule has 1 fully saturated rings. The smallest absolute Gasteiger partial charge is 0.459 e. The monoisotopic (exact) mass is 586 g/mol. The van der Waals surface area contributed by atoms with Crippen molar-refractivity contribution in [3.8, 4) is 5.75 Å². The molecule has 0 amide bonds. The predicted octanol–water partition coefficient (Wildman–Crippen LogP) is 3.12.